The quantitative estimate of drug-likeness (QED) is 0.135. The van der Waals surface area contributed by atoms with E-state index in [2.05, 4.69) is 27.7 Å². The van der Waals surface area contributed by atoms with Crippen molar-refractivity contribution in [2.45, 2.75) is 64.6 Å². The standard InChI is InChI=1S/C45H48ClFN6O4/c1-45(2,3)57-44(55)51-26-20-30(21-27-51)40(53-39-19-10-8-17-37(39)48-41(53)31-12-5-4-6-13-31)29-56-42(54)32-22-24-50(25-23-32)43-49-36-16-7-9-18-38(36)52(43)28-33-34(46)14-11-15-35(33)47/h4-19,30,32,40H,20-29H2,1-3H3. The summed E-state index contributed by atoms with van der Waals surface area (Å²) in [5.74, 6) is 0.778. The van der Waals surface area contributed by atoms with Crippen molar-refractivity contribution in [1.82, 2.24) is 24.0 Å². The number of amides is 1. The molecular formula is C45H48ClFN6O4. The Balaban J connectivity index is 1.01. The summed E-state index contributed by atoms with van der Waals surface area (Å²) in [4.78, 5) is 41.0. The van der Waals surface area contributed by atoms with E-state index < -0.39 is 5.60 Å². The highest BCUT2D eigenvalue weighted by Crippen LogP contribution is 2.37. The first kappa shape index (κ1) is 38.5. The van der Waals surface area contributed by atoms with Crippen LogP contribution < -0.4 is 4.90 Å². The molecule has 0 aliphatic carbocycles. The van der Waals surface area contributed by atoms with E-state index in [0.717, 1.165) is 52.2 Å². The van der Waals surface area contributed by atoms with Crippen molar-refractivity contribution in [1.29, 1.82) is 0 Å². The van der Waals surface area contributed by atoms with Gasteiger partial charge in [-0.15, -0.1) is 0 Å². The van der Waals surface area contributed by atoms with Gasteiger partial charge in [0.15, 0.2) is 0 Å². The van der Waals surface area contributed by atoms with Crippen molar-refractivity contribution in [3.63, 3.8) is 0 Å². The van der Waals surface area contributed by atoms with Crippen LogP contribution in [-0.2, 0) is 20.8 Å². The molecule has 4 heterocycles. The summed E-state index contributed by atoms with van der Waals surface area (Å²) >= 11 is 6.47. The number of carbonyl (C=O) groups excluding carboxylic acids is 2. The number of aromatic nitrogens is 4. The number of imidazole rings is 2. The molecular weight excluding hydrogens is 743 g/mol. The fourth-order valence-electron chi connectivity index (χ4n) is 8.29. The van der Waals surface area contributed by atoms with E-state index in [1.165, 1.54) is 6.07 Å². The Labute approximate surface area is 337 Å². The number of likely N-dealkylation sites (tertiary alicyclic amines) is 1. The number of fused-ring (bicyclic) bond motifs is 2. The number of ether oxygens (including phenoxy) is 2. The van der Waals surface area contributed by atoms with Crippen LogP contribution in [0.1, 0.15) is 58.1 Å². The summed E-state index contributed by atoms with van der Waals surface area (Å²) in [6.45, 7) is 8.31. The third kappa shape index (κ3) is 8.21. The van der Waals surface area contributed by atoms with Gasteiger partial charge in [-0.2, -0.15) is 0 Å². The average molecular weight is 791 g/mol. The summed E-state index contributed by atoms with van der Waals surface area (Å²) in [5.41, 5.74) is 4.35. The zero-order chi connectivity index (χ0) is 39.7. The smallest absolute Gasteiger partial charge is 0.410 e. The molecule has 2 fully saturated rings. The molecule has 10 nitrogen and oxygen atoms in total. The van der Waals surface area contributed by atoms with Gasteiger partial charge in [0.25, 0.3) is 0 Å². The van der Waals surface area contributed by atoms with E-state index in [4.69, 9.17) is 31.0 Å². The van der Waals surface area contributed by atoms with Gasteiger partial charge in [0, 0.05) is 42.3 Å². The Morgan fingerprint density at radius 1 is 0.807 bits per heavy atom. The number of nitrogens with zero attached hydrogens (tertiary/aromatic N) is 6. The minimum atomic E-state index is -0.577. The van der Waals surface area contributed by atoms with Crippen LogP contribution >= 0.6 is 11.6 Å². The van der Waals surface area contributed by atoms with Gasteiger partial charge >= 0.3 is 12.1 Å². The lowest BCUT2D eigenvalue weighted by Gasteiger charge is -2.38. The Morgan fingerprint density at radius 3 is 2.14 bits per heavy atom. The van der Waals surface area contributed by atoms with E-state index in [1.54, 1.807) is 17.0 Å². The maximum absolute atomic E-state index is 15.0. The molecule has 12 heteroatoms. The van der Waals surface area contributed by atoms with Crippen LogP contribution in [0.2, 0.25) is 5.02 Å². The molecule has 2 aromatic heterocycles. The Morgan fingerprint density at radius 2 is 1.46 bits per heavy atom. The molecule has 1 atom stereocenters. The van der Waals surface area contributed by atoms with Crippen molar-refractivity contribution in [3.05, 3.63) is 113 Å². The molecule has 2 aliphatic rings. The zero-order valence-corrected chi connectivity index (χ0v) is 33.4. The van der Waals surface area contributed by atoms with Crippen LogP contribution in [0.4, 0.5) is 15.1 Å². The Kier molecular flexibility index (Phi) is 10.9. The molecule has 2 saturated heterocycles. The molecule has 0 saturated carbocycles. The lowest BCUT2D eigenvalue weighted by molar-refractivity contribution is -0.151. The molecule has 296 valence electrons. The van der Waals surface area contributed by atoms with E-state index in [-0.39, 0.29) is 48.9 Å². The topological polar surface area (TPSA) is 94.7 Å². The SMILES string of the molecule is CC(C)(C)OC(=O)N1CCC(C(COC(=O)C2CCN(c3nc4ccccc4n3Cc3c(F)cccc3Cl)CC2)n2c(-c3ccccc3)nc3ccccc32)CC1. The number of carbonyl (C=O) groups is 2. The number of benzene rings is 4. The first-order valence-electron chi connectivity index (χ1n) is 19.8. The normalized spacial score (nSPS) is 16.3. The molecule has 0 N–H and O–H groups in total. The second kappa shape index (κ2) is 16.2. The third-order valence-electron chi connectivity index (χ3n) is 11.2. The third-order valence-corrected chi connectivity index (χ3v) is 11.6. The number of rotatable bonds is 9. The first-order chi connectivity index (χ1) is 27.5. The van der Waals surface area contributed by atoms with Gasteiger partial charge in [-0.25, -0.2) is 19.2 Å². The van der Waals surface area contributed by atoms with E-state index in [9.17, 15) is 14.0 Å². The predicted octanol–water partition coefficient (Wildman–Crippen LogP) is 9.54. The lowest BCUT2D eigenvalue weighted by Crippen LogP contribution is -2.44. The highest BCUT2D eigenvalue weighted by Gasteiger charge is 2.36. The molecule has 4 aromatic carbocycles. The number of para-hydroxylation sites is 4. The van der Waals surface area contributed by atoms with Gasteiger partial charge in [-0.3, -0.25) is 4.79 Å². The van der Waals surface area contributed by atoms with E-state index >= 15 is 0 Å². The minimum absolute atomic E-state index is 0.106. The molecule has 0 bridgehead atoms. The zero-order valence-electron chi connectivity index (χ0n) is 32.6. The fraction of sp³-hybridized carbons (Fsp3) is 0.378. The Bertz CT molecular complexity index is 2350. The van der Waals surface area contributed by atoms with Gasteiger partial charge in [-0.1, -0.05) is 72.3 Å². The molecule has 2 aliphatic heterocycles. The van der Waals surface area contributed by atoms with Crippen LogP contribution in [0, 0.1) is 17.7 Å². The molecule has 8 rings (SSSR count). The van der Waals surface area contributed by atoms with Crippen LogP contribution in [0.25, 0.3) is 33.5 Å². The van der Waals surface area contributed by atoms with Gasteiger partial charge in [0.1, 0.15) is 23.8 Å². The summed E-state index contributed by atoms with van der Waals surface area (Å²) in [5, 5.41) is 0.367. The molecule has 0 spiro atoms. The van der Waals surface area contributed by atoms with Crippen molar-refractivity contribution >= 4 is 51.7 Å². The molecule has 6 aromatic rings. The number of hydrogen-bond donors (Lipinski definition) is 0. The van der Waals surface area contributed by atoms with Crippen LogP contribution in [0.15, 0.2) is 97.1 Å². The van der Waals surface area contributed by atoms with Gasteiger partial charge in [0.05, 0.1) is 40.6 Å². The molecule has 0 radical (unpaired) electrons. The largest absolute Gasteiger partial charge is 0.463 e. The van der Waals surface area contributed by atoms with Gasteiger partial charge < -0.3 is 28.4 Å². The second-order valence-corrected chi connectivity index (χ2v) is 16.5. The van der Waals surface area contributed by atoms with Crippen LogP contribution in [0.3, 0.4) is 0 Å². The summed E-state index contributed by atoms with van der Waals surface area (Å²) in [6.07, 6.45) is 2.31. The molecule has 1 amide bonds. The maximum atomic E-state index is 15.0. The highest BCUT2D eigenvalue weighted by molar-refractivity contribution is 6.31. The summed E-state index contributed by atoms with van der Waals surface area (Å²) in [6, 6.07) is 30.5. The highest BCUT2D eigenvalue weighted by atomic mass is 35.5. The Hall–Kier alpha value is -5.42. The van der Waals surface area contributed by atoms with Crippen LogP contribution in [-0.4, -0.2) is 74.5 Å². The van der Waals surface area contributed by atoms with Crippen molar-refractivity contribution in [2.75, 3.05) is 37.7 Å². The van der Waals surface area contributed by atoms with Gasteiger partial charge in [-0.05, 0) is 88.8 Å². The first-order valence-corrected chi connectivity index (χ1v) is 20.2. The predicted molar refractivity (Wildman–Crippen MR) is 221 cm³/mol. The number of hydrogen-bond acceptors (Lipinski definition) is 7. The van der Waals surface area contributed by atoms with Crippen molar-refractivity contribution in [2.24, 2.45) is 11.8 Å². The summed E-state index contributed by atoms with van der Waals surface area (Å²) < 4.78 is 31.3. The number of anilines is 1. The number of halogens is 2. The van der Waals surface area contributed by atoms with Crippen molar-refractivity contribution in [3.8, 4) is 11.4 Å². The fourth-order valence-corrected chi connectivity index (χ4v) is 8.51. The lowest BCUT2D eigenvalue weighted by atomic mass is 9.89. The van der Waals surface area contributed by atoms with E-state index in [1.807, 2.05) is 86.0 Å². The molecule has 1 unspecified atom stereocenters. The molecule has 57 heavy (non-hydrogen) atoms. The van der Waals surface area contributed by atoms with E-state index in [0.29, 0.717) is 49.6 Å². The average Bonchev–Trinajstić information content (AvgIpc) is 3.78. The maximum Gasteiger partial charge on any atom is 0.410 e. The van der Waals surface area contributed by atoms with Gasteiger partial charge in [0.2, 0.25) is 5.95 Å². The number of esters is 1. The second-order valence-electron chi connectivity index (χ2n) is 16.1. The summed E-state index contributed by atoms with van der Waals surface area (Å²) in [7, 11) is 0. The monoisotopic (exact) mass is 790 g/mol. The number of piperidine rings is 2. The minimum Gasteiger partial charge on any atom is -0.463 e. The van der Waals surface area contributed by atoms with Crippen molar-refractivity contribution < 1.29 is 23.5 Å². The van der Waals surface area contributed by atoms with Crippen LogP contribution in [0.5, 0.6) is 0 Å².